The van der Waals surface area contributed by atoms with E-state index in [-0.39, 0.29) is 22.7 Å². The minimum atomic E-state index is -0.570. The van der Waals surface area contributed by atoms with E-state index in [9.17, 15) is 9.59 Å². The molecule has 0 aliphatic carbocycles. The second-order valence-corrected chi connectivity index (χ2v) is 4.03. The van der Waals surface area contributed by atoms with Gasteiger partial charge in [0.1, 0.15) is 15.4 Å². The molecular formula is C10H14N2O4S. The molecule has 3 N–H and O–H groups in total. The molecule has 0 amide bonds. The van der Waals surface area contributed by atoms with Gasteiger partial charge in [-0.15, -0.1) is 11.3 Å². The molecule has 1 rings (SSSR count). The number of carbonyl (C=O) groups excluding carboxylic acids is 2. The molecular weight excluding hydrogens is 244 g/mol. The minimum Gasteiger partial charge on any atom is -0.465 e. The second kappa shape index (κ2) is 5.53. The first-order valence-electron chi connectivity index (χ1n) is 4.92. The van der Waals surface area contributed by atoms with Gasteiger partial charge in [0.05, 0.1) is 19.4 Å². The Morgan fingerprint density at radius 1 is 1.41 bits per heavy atom. The van der Waals surface area contributed by atoms with E-state index in [1.807, 2.05) is 0 Å². The second-order valence-electron chi connectivity index (χ2n) is 3.01. The van der Waals surface area contributed by atoms with Crippen molar-refractivity contribution < 1.29 is 19.1 Å². The van der Waals surface area contributed by atoms with E-state index in [4.69, 9.17) is 10.5 Å². The lowest BCUT2D eigenvalue weighted by atomic mass is 10.2. The van der Waals surface area contributed by atoms with Gasteiger partial charge in [-0.05, 0) is 6.92 Å². The van der Waals surface area contributed by atoms with Crippen LogP contribution < -0.4 is 11.1 Å². The number of esters is 2. The van der Waals surface area contributed by atoms with E-state index in [1.165, 1.54) is 7.11 Å². The van der Waals surface area contributed by atoms with Crippen LogP contribution in [0.15, 0.2) is 0 Å². The molecule has 0 bridgehead atoms. The highest BCUT2D eigenvalue weighted by molar-refractivity contribution is 7.19. The van der Waals surface area contributed by atoms with Crippen LogP contribution in [0, 0.1) is 0 Å². The molecule has 0 fully saturated rings. The SMILES string of the molecule is CCOC(=O)c1c(NC)sc(C(=O)OC)c1N. The average Bonchev–Trinajstić information content (AvgIpc) is 2.65. The maximum atomic E-state index is 11.7. The highest BCUT2D eigenvalue weighted by Crippen LogP contribution is 2.36. The van der Waals surface area contributed by atoms with Gasteiger partial charge in [-0.3, -0.25) is 0 Å². The first-order chi connectivity index (χ1) is 8.06. The molecule has 17 heavy (non-hydrogen) atoms. The topological polar surface area (TPSA) is 90.6 Å². The molecule has 0 saturated heterocycles. The summed E-state index contributed by atoms with van der Waals surface area (Å²) in [5.74, 6) is -1.12. The number of hydrogen-bond donors (Lipinski definition) is 2. The average molecular weight is 258 g/mol. The van der Waals surface area contributed by atoms with E-state index in [0.29, 0.717) is 5.00 Å². The van der Waals surface area contributed by atoms with Crippen LogP contribution in [0.2, 0.25) is 0 Å². The molecule has 1 aromatic heterocycles. The number of anilines is 2. The Labute approximate surface area is 103 Å². The van der Waals surface area contributed by atoms with Gasteiger partial charge in [-0.25, -0.2) is 9.59 Å². The van der Waals surface area contributed by atoms with E-state index >= 15 is 0 Å². The number of nitrogen functional groups attached to an aromatic ring is 1. The number of carbonyl (C=O) groups is 2. The fraction of sp³-hybridized carbons (Fsp3) is 0.400. The number of nitrogens with one attached hydrogen (secondary N) is 1. The molecule has 1 heterocycles. The van der Waals surface area contributed by atoms with Crippen molar-refractivity contribution in [2.45, 2.75) is 6.92 Å². The molecule has 0 aliphatic rings. The third-order valence-electron chi connectivity index (χ3n) is 2.02. The quantitative estimate of drug-likeness (QED) is 0.792. The summed E-state index contributed by atoms with van der Waals surface area (Å²) in [6.07, 6.45) is 0. The monoisotopic (exact) mass is 258 g/mol. The van der Waals surface area contributed by atoms with Gasteiger partial charge in [-0.2, -0.15) is 0 Å². The maximum Gasteiger partial charge on any atom is 0.350 e. The smallest absolute Gasteiger partial charge is 0.350 e. The molecule has 0 radical (unpaired) electrons. The Balaban J connectivity index is 3.24. The van der Waals surface area contributed by atoms with Crippen molar-refractivity contribution in [3.05, 3.63) is 10.4 Å². The summed E-state index contributed by atoms with van der Waals surface area (Å²) < 4.78 is 9.45. The first-order valence-corrected chi connectivity index (χ1v) is 5.73. The summed E-state index contributed by atoms with van der Waals surface area (Å²) >= 11 is 1.06. The minimum absolute atomic E-state index is 0.0876. The van der Waals surface area contributed by atoms with Gasteiger partial charge in [0.2, 0.25) is 0 Å². The largest absolute Gasteiger partial charge is 0.465 e. The van der Waals surface area contributed by atoms with E-state index in [0.717, 1.165) is 11.3 Å². The van der Waals surface area contributed by atoms with Gasteiger partial charge in [0.25, 0.3) is 0 Å². The molecule has 0 atom stereocenters. The van der Waals surface area contributed by atoms with Gasteiger partial charge in [0, 0.05) is 7.05 Å². The molecule has 6 nitrogen and oxygen atoms in total. The lowest BCUT2D eigenvalue weighted by molar-refractivity contribution is 0.0529. The summed E-state index contributed by atoms with van der Waals surface area (Å²) in [7, 11) is 2.89. The molecule has 94 valence electrons. The molecule has 0 unspecified atom stereocenters. The van der Waals surface area contributed by atoms with Gasteiger partial charge in [0.15, 0.2) is 0 Å². The lowest BCUT2D eigenvalue weighted by Crippen LogP contribution is -2.10. The van der Waals surface area contributed by atoms with Gasteiger partial charge >= 0.3 is 11.9 Å². The van der Waals surface area contributed by atoms with Crippen LogP contribution in [0.3, 0.4) is 0 Å². The zero-order valence-electron chi connectivity index (χ0n) is 9.83. The van der Waals surface area contributed by atoms with Crippen molar-refractivity contribution in [2.24, 2.45) is 0 Å². The number of rotatable bonds is 4. The summed E-state index contributed by atoms with van der Waals surface area (Å²) in [5, 5.41) is 3.29. The molecule has 1 aromatic rings. The Kier molecular flexibility index (Phi) is 4.33. The molecule has 0 aliphatic heterocycles. The number of thiophene rings is 1. The highest BCUT2D eigenvalue weighted by Gasteiger charge is 2.26. The van der Waals surface area contributed by atoms with E-state index in [2.05, 4.69) is 10.1 Å². The Morgan fingerprint density at radius 2 is 2.06 bits per heavy atom. The van der Waals surface area contributed by atoms with Gasteiger partial charge < -0.3 is 20.5 Å². The van der Waals surface area contributed by atoms with Crippen LogP contribution in [-0.4, -0.2) is 32.7 Å². The molecule has 0 spiro atoms. The maximum absolute atomic E-state index is 11.7. The Bertz CT molecular complexity index is 442. The summed E-state index contributed by atoms with van der Waals surface area (Å²) in [6, 6.07) is 0. The van der Waals surface area contributed by atoms with Crippen LogP contribution in [0.4, 0.5) is 10.7 Å². The van der Waals surface area contributed by atoms with Crippen LogP contribution >= 0.6 is 11.3 Å². The van der Waals surface area contributed by atoms with Crippen LogP contribution in [0.1, 0.15) is 27.0 Å². The standard InChI is InChI=1S/C10H14N2O4S/c1-4-16-9(13)5-6(11)7(10(14)15-3)17-8(5)12-2/h12H,4,11H2,1-3H3. The normalized spacial score (nSPS) is 9.82. The van der Waals surface area contributed by atoms with Crippen molar-refractivity contribution in [3.8, 4) is 0 Å². The lowest BCUT2D eigenvalue weighted by Gasteiger charge is -2.03. The zero-order valence-corrected chi connectivity index (χ0v) is 10.6. The molecule has 7 heteroatoms. The van der Waals surface area contributed by atoms with Crippen LogP contribution in [0.25, 0.3) is 0 Å². The first kappa shape index (κ1) is 13.3. The summed E-state index contributed by atoms with van der Waals surface area (Å²) in [6.45, 7) is 1.94. The number of ether oxygens (including phenoxy) is 2. The third kappa shape index (κ3) is 2.50. The number of hydrogen-bond acceptors (Lipinski definition) is 7. The van der Waals surface area contributed by atoms with E-state index < -0.39 is 11.9 Å². The van der Waals surface area contributed by atoms with Crippen molar-refractivity contribution >= 4 is 34.0 Å². The van der Waals surface area contributed by atoms with Crippen molar-refractivity contribution in [1.82, 2.24) is 0 Å². The Hall–Kier alpha value is -1.76. The van der Waals surface area contributed by atoms with Crippen LogP contribution in [0.5, 0.6) is 0 Å². The van der Waals surface area contributed by atoms with E-state index in [1.54, 1.807) is 14.0 Å². The summed E-state index contributed by atoms with van der Waals surface area (Å²) in [4.78, 5) is 23.3. The fourth-order valence-electron chi connectivity index (χ4n) is 1.27. The van der Waals surface area contributed by atoms with Gasteiger partial charge in [-0.1, -0.05) is 0 Å². The number of nitrogens with two attached hydrogens (primary N) is 1. The zero-order chi connectivity index (χ0) is 13.0. The molecule has 0 saturated carbocycles. The third-order valence-corrected chi connectivity index (χ3v) is 3.23. The number of methoxy groups -OCH3 is 1. The molecule has 0 aromatic carbocycles. The van der Waals surface area contributed by atoms with Crippen LogP contribution in [-0.2, 0) is 9.47 Å². The predicted molar refractivity (Wildman–Crippen MR) is 65.6 cm³/mol. The fourth-order valence-corrected chi connectivity index (χ4v) is 2.25. The van der Waals surface area contributed by atoms with Crippen molar-refractivity contribution in [1.29, 1.82) is 0 Å². The highest BCUT2D eigenvalue weighted by atomic mass is 32.1. The van der Waals surface area contributed by atoms with Crippen molar-refractivity contribution in [2.75, 3.05) is 31.8 Å². The summed E-state index contributed by atoms with van der Waals surface area (Å²) in [5.41, 5.74) is 6.02. The van der Waals surface area contributed by atoms with Crippen molar-refractivity contribution in [3.63, 3.8) is 0 Å². The predicted octanol–water partition coefficient (Wildman–Crippen LogP) is 1.34. The Morgan fingerprint density at radius 3 is 2.53 bits per heavy atom.